The number of carbonyl (C=O) groups excluding carboxylic acids is 1. The lowest BCUT2D eigenvalue weighted by Crippen LogP contribution is -2.33. The smallest absolute Gasteiger partial charge is 0.312 e. The van der Waals surface area contributed by atoms with Crippen LogP contribution in [-0.4, -0.2) is 23.6 Å². The molecule has 0 aromatic carbocycles. The summed E-state index contributed by atoms with van der Waals surface area (Å²) in [5, 5.41) is 3.11. The van der Waals surface area contributed by atoms with E-state index in [0.717, 1.165) is 0 Å². The van der Waals surface area contributed by atoms with Gasteiger partial charge in [-0.1, -0.05) is 65.2 Å². The zero-order valence-corrected chi connectivity index (χ0v) is 13.6. The molecule has 0 aliphatic carbocycles. The van der Waals surface area contributed by atoms with Gasteiger partial charge in [-0.15, -0.1) is 0 Å². The number of nitrogens with two attached hydrogens (primary N) is 1. The van der Waals surface area contributed by atoms with E-state index in [2.05, 4.69) is 19.2 Å². The first-order valence-electron chi connectivity index (χ1n) is 7.81. The Morgan fingerprint density at radius 1 is 1.05 bits per heavy atom. The van der Waals surface area contributed by atoms with Gasteiger partial charge in [-0.2, -0.15) is 11.8 Å². The molecule has 0 rings (SSSR count). The van der Waals surface area contributed by atoms with Gasteiger partial charge in [0.2, 0.25) is 0 Å². The molecule has 0 aromatic heterocycles. The van der Waals surface area contributed by atoms with Gasteiger partial charge >= 0.3 is 6.03 Å². The number of rotatable bonds is 13. The number of primary amides is 1. The molecule has 3 nitrogen and oxygen atoms in total. The summed E-state index contributed by atoms with van der Waals surface area (Å²) in [5.41, 5.74) is 5.03. The van der Waals surface area contributed by atoms with Gasteiger partial charge in [-0.05, 0) is 12.2 Å². The van der Waals surface area contributed by atoms with Crippen LogP contribution in [0.2, 0.25) is 0 Å². The zero-order chi connectivity index (χ0) is 14.3. The second kappa shape index (κ2) is 14.0. The van der Waals surface area contributed by atoms with E-state index in [1.165, 1.54) is 63.5 Å². The van der Waals surface area contributed by atoms with Crippen LogP contribution in [0.15, 0.2) is 0 Å². The van der Waals surface area contributed by atoms with E-state index in [1.807, 2.05) is 11.8 Å². The number of carbonyl (C=O) groups is 1. The minimum Gasteiger partial charge on any atom is -0.352 e. The molecule has 0 heterocycles. The average molecular weight is 289 g/mol. The van der Waals surface area contributed by atoms with Crippen LogP contribution in [-0.2, 0) is 0 Å². The molecule has 0 aliphatic rings. The SMILES string of the molecule is CCCCCCCCCCCSC(C)CNC(N)=O. The van der Waals surface area contributed by atoms with Crippen molar-refractivity contribution in [3.8, 4) is 0 Å². The van der Waals surface area contributed by atoms with E-state index < -0.39 is 6.03 Å². The summed E-state index contributed by atoms with van der Waals surface area (Å²) in [4.78, 5) is 10.5. The zero-order valence-electron chi connectivity index (χ0n) is 12.7. The average Bonchev–Trinajstić information content (AvgIpc) is 2.38. The maximum absolute atomic E-state index is 10.5. The number of thioether (sulfide) groups is 1. The number of hydrogen-bond donors (Lipinski definition) is 2. The van der Waals surface area contributed by atoms with Crippen molar-refractivity contribution in [3.05, 3.63) is 0 Å². The first-order chi connectivity index (χ1) is 9.16. The van der Waals surface area contributed by atoms with E-state index in [4.69, 9.17) is 5.73 Å². The summed E-state index contributed by atoms with van der Waals surface area (Å²) in [6, 6.07) is -0.421. The molecule has 4 heteroatoms. The Morgan fingerprint density at radius 2 is 1.58 bits per heavy atom. The Labute approximate surface area is 123 Å². The summed E-state index contributed by atoms with van der Waals surface area (Å²) in [5.74, 6) is 1.19. The van der Waals surface area contributed by atoms with Crippen molar-refractivity contribution in [2.24, 2.45) is 5.73 Å². The highest BCUT2D eigenvalue weighted by atomic mass is 32.2. The van der Waals surface area contributed by atoms with Crippen molar-refractivity contribution in [2.45, 2.75) is 76.9 Å². The van der Waals surface area contributed by atoms with Crippen molar-refractivity contribution in [1.82, 2.24) is 5.32 Å². The van der Waals surface area contributed by atoms with Crippen LogP contribution < -0.4 is 11.1 Å². The van der Waals surface area contributed by atoms with E-state index in [-0.39, 0.29) is 0 Å². The molecule has 3 N–H and O–H groups in total. The van der Waals surface area contributed by atoms with E-state index >= 15 is 0 Å². The Hall–Kier alpha value is -0.380. The standard InChI is InChI=1S/C15H32N2OS/c1-3-4-5-6-7-8-9-10-11-12-19-14(2)13-17-15(16)18/h14H,3-13H2,1-2H3,(H3,16,17,18). The lowest BCUT2D eigenvalue weighted by atomic mass is 10.1. The molecule has 2 amide bonds. The van der Waals surface area contributed by atoms with Gasteiger partial charge in [0.15, 0.2) is 0 Å². The monoisotopic (exact) mass is 288 g/mol. The molecule has 0 aromatic rings. The molecule has 114 valence electrons. The molecule has 0 radical (unpaired) electrons. The molecule has 0 spiro atoms. The predicted octanol–water partition coefficient (Wildman–Crippen LogP) is 4.31. The molecule has 1 atom stereocenters. The van der Waals surface area contributed by atoms with Gasteiger partial charge in [0.1, 0.15) is 0 Å². The van der Waals surface area contributed by atoms with Crippen molar-refractivity contribution >= 4 is 17.8 Å². The topological polar surface area (TPSA) is 55.1 Å². The highest BCUT2D eigenvalue weighted by Gasteiger charge is 2.02. The summed E-state index contributed by atoms with van der Waals surface area (Å²) in [6.07, 6.45) is 12.4. The number of unbranched alkanes of at least 4 members (excludes halogenated alkanes) is 8. The molecule has 0 bridgehead atoms. The third-order valence-electron chi connectivity index (χ3n) is 3.21. The Kier molecular flexibility index (Phi) is 13.8. The third-order valence-corrected chi connectivity index (χ3v) is 4.47. The van der Waals surface area contributed by atoms with Crippen molar-refractivity contribution in [3.63, 3.8) is 0 Å². The fraction of sp³-hybridized carbons (Fsp3) is 0.933. The molecule has 0 fully saturated rings. The number of nitrogens with one attached hydrogen (secondary N) is 1. The van der Waals surface area contributed by atoms with Crippen molar-refractivity contribution < 1.29 is 4.79 Å². The number of hydrogen-bond acceptors (Lipinski definition) is 2. The van der Waals surface area contributed by atoms with Gasteiger partial charge in [-0.3, -0.25) is 0 Å². The first-order valence-corrected chi connectivity index (χ1v) is 8.86. The van der Waals surface area contributed by atoms with Crippen molar-refractivity contribution in [2.75, 3.05) is 12.3 Å². The Bertz CT molecular complexity index is 212. The Morgan fingerprint density at radius 3 is 2.11 bits per heavy atom. The molecule has 0 aliphatic heterocycles. The van der Waals surface area contributed by atoms with Gasteiger partial charge in [0.25, 0.3) is 0 Å². The van der Waals surface area contributed by atoms with E-state index in [9.17, 15) is 4.79 Å². The molecule has 0 saturated heterocycles. The van der Waals surface area contributed by atoms with Gasteiger partial charge in [0, 0.05) is 11.8 Å². The number of amides is 2. The summed E-state index contributed by atoms with van der Waals surface area (Å²) >= 11 is 1.92. The van der Waals surface area contributed by atoms with Gasteiger partial charge in [-0.25, -0.2) is 4.79 Å². The minimum atomic E-state index is -0.421. The molecule has 19 heavy (non-hydrogen) atoms. The van der Waals surface area contributed by atoms with Crippen LogP contribution in [0.1, 0.15) is 71.6 Å². The quantitative estimate of drug-likeness (QED) is 0.496. The van der Waals surface area contributed by atoms with Gasteiger partial charge in [0.05, 0.1) is 0 Å². The van der Waals surface area contributed by atoms with Crippen LogP contribution in [0.25, 0.3) is 0 Å². The van der Waals surface area contributed by atoms with Crippen LogP contribution in [0, 0.1) is 0 Å². The summed E-state index contributed by atoms with van der Waals surface area (Å²) < 4.78 is 0. The van der Waals surface area contributed by atoms with Crippen LogP contribution >= 0.6 is 11.8 Å². The predicted molar refractivity (Wildman–Crippen MR) is 86.7 cm³/mol. The van der Waals surface area contributed by atoms with E-state index in [0.29, 0.717) is 11.8 Å². The lowest BCUT2D eigenvalue weighted by molar-refractivity contribution is 0.249. The van der Waals surface area contributed by atoms with Crippen LogP contribution in [0.5, 0.6) is 0 Å². The maximum atomic E-state index is 10.5. The first kappa shape index (κ1) is 18.6. The van der Waals surface area contributed by atoms with Gasteiger partial charge < -0.3 is 11.1 Å². The molecular weight excluding hydrogens is 256 g/mol. The molecule has 0 saturated carbocycles. The minimum absolute atomic E-state index is 0.421. The number of urea groups is 1. The summed E-state index contributed by atoms with van der Waals surface area (Å²) in [6.45, 7) is 5.07. The second-order valence-corrected chi connectivity index (χ2v) is 6.80. The Balaban J connectivity index is 3.11. The fourth-order valence-corrected chi connectivity index (χ4v) is 2.97. The van der Waals surface area contributed by atoms with Crippen LogP contribution in [0.3, 0.4) is 0 Å². The largest absolute Gasteiger partial charge is 0.352 e. The highest BCUT2D eigenvalue weighted by Crippen LogP contribution is 2.14. The lowest BCUT2D eigenvalue weighted by Gasteiger charge is -2.10. The second-order valence-electron chi connectivity index (χ2n) is 5.25. The molecule has 1 unspecified atom stereocenters. The van der Waals surface area contributed by atoms with Crippen molar-refractivity contribution in [1.29, 1.82) is 0 Å². The fourth-order valence-electron chi connectivity index (χ4n) is 2.00. The van der Waals surface area contributed by atoms with E-state index in [1.54, 1.807) is 0 Å². The normalized spacial score (nSPS) is 12.3. The third kappa shape index (κ3) is 15.6. The summed E-state index contributed by atoms with van der Waals surface area (Å²) in [7, 11) is 0. The maximum Gasteiger partial charge on any atom is 0.312 e. The molecular formula is C15H32N2OS. The van der Waals surface area contributed by atoms with Crippen LogP contribution in [0.4, 0.5) is 4.79 Å². The highest BCUT2D eigenvalue weighted by molar-refractivity contribution is 7.99.